The smallest absolute Gasteiger partial charge is 0.0793 e. The van der Waals surface area contributed by atoms with Crippen LogP contribution in [0.2, 0.25) is 5.02 Å². The van der Waals surface area contributed by atoms with E-state index in [0.717, 1.165) is 11.4 Å². The number of benzene rings is 1. The first-order valence-corrected chi connectivity index (χ1v) is 4.85. The summed E-state index contributed by atoms with van der Waals surface area (Å²) in [4.78, 5) is 0. The van der Waals surface area contributed by atoms with Crippen molar-refractivity contribution in [2.75, 3.05) is 0 Å². The van der Waals surface area contributed by atoms with Gasteiger partial charge in [0.2, 0.25) is 0 Å². The predicted octanol–water partition coefficient (Wildman–Crippen LogP) is 2.59. The monoisotopic (exact) mass is 217 g/mol. The van der Waals surface area contributed by atoms with E-state index >= 15 is 0 Å². The zero-order chi connectivity index (χ0) is 10.7. The molecule has 3 nitrogen and oxygen atoms in total. The predicted molar refractivity (Wildman–Crippen MR) is 57.9 cm³/mol. The molecule has 1 aromatic carbocycles. The molecule has 0 radical (unpaired) electrons. The van der Waals surface area contributed by atoms with Crippen LogP contribution in [0.4, 0.5) is 0 Å². The van der Waals surface area contributed by atoms with Crippen LogP contribution < -0.4 is 0 Å². The van der Waals surface area contributed by atoms with Crippen LogP contribution in [0.25, 0.3) is 5.69 Å². The van der Waals surface area contributed by atoms with Gasteiger partial charge in [-0.1, -0.05) is 17.7 Å². The summed E-state index contributed by atoms with van der Waals surface area (Å²) in [6.45, 7) is 0. The Bertz CT molecular complexity index is 511. The number of hydrogen-bond acceptors (Lipinski definition) is 2. The van der Waals surface area contributed by atoms with E-state index in [-0.39, 0.29) is 0 Å². The third-order valence-corrected chi connectivity index (χ3v) is 2.21. The maximum atomic E-state index is 8.52. The van der Waals surface area contributed by atoms with Crippen molar-refractivity contribution in [1.29, 1.82) is 5.26 Å². The molecule has 0 bridgehead atoms. The van der Waals surface area contributed by atoms with Crippen molar-refractivity contribution in [2.45, 2.75) is 6.42 Å². The van der Waals surface area contributed by atoms with Crippen molar-refractivity contribution in [3.8, 4) is 11.8 Å². The first-order chi connectivity index (χ1) is 7.29. The third-order valence-electron chi connectivity index (χ3n) is 1.98. The highest BCUT2D eigenvalue weighted by Gasteiger charge is 2.00. The highest BCUT2D eigenvalue weighted by atomic mass is 35.5. The quantitative estimate of drug-likeness (QED) is 0.776. The number of rotatable bonds is 2. The molecule has 0 aliphatic carbocycles. The molecular weight excluding hydrogens is 210 g/mol. The lowest BCUT2D eigenvalue weighted by Gasteiger charge is -2.00. The van der Waals surface area contributed by atoms with Crippen LogP contribution in [0.1, 0.15) is 5.69 Å². The molecule has 0 amide bonds. The number of nitriles is 1. The van der Waals surface area contributed by atoms with Gasteiger partial charge in [-0.15, -0.1) is 0 Å². The molecular formula is C11H8ClN3. The first-order valence-electron chi connectivity index (χ1n) is 4.47. The van der Waals surface area contributed by atoms with Crippen LogP contribution in [-0.4, -0.2) is 9.78 Å². The molecule has 4 heteroatoms. The number of hydrogen-bond donors (Lipinski definition) is 0. The maximum Gasteiger partial charge on any atom is 0.0793 e. The van der Waals surface area contributed by atoms with Crippen molar-refractivity contribution in [3.05, 3.63) is 47.2 Å². The molecule has 2 aromatic rings. The Morgan fingerprint density at radius 3 is 3.00 bits per heavy atom. The molecule has 1 heterocycles. The summed E-state index contributed by atoms with van der Waals surface area (Å²) in [5, 5.41) is 13.4. The van der Waals surface area contributed by atoms with Gasteiger partial charge in [-0.3, -0.25) is 0 Å². The topological polar surface area (TPSA) is 41.6 Å². The van der Waals surface area contributed by atoms with E-state index in [4.69, 9.17) is 16.9 Å². The van der Waals surface area contributed by atoms with Crippen molar-refractivity contribution in [1.82, 2.24) is 9.78 Å². The second-order valence-electron chi connectivity index (χ2n) is 3.07. The van der Waals surface area contributed by atoms with Gasteiger partial charge >= 0.3 is 0 Å². The Morgan fingerprint density at radius 2 is 2.27 bits per heavy atom. The number of halogens is 1. The van der Waals surface area contributed by atoms with Gasteiger partial charge in [0.15, 0.2) is 0 Å². The van der Waals surface area contributed by atoms with Gasteiger partial charge < -0.3 is 0 Å². The second kappa shape index (κ2) is 4.16. The number of nitrogens with zero attached hydrogens (tertiary/aromatic N) is 3. The zero-order valence-corrected chi connectivity index (χ0v) is 8.65. The fourth-order valence-corrected chi connectivity index (χ4v) is 1.48. The van der Waals surface area contributed by atoms with Gasteiger partial charge in [0, 0.05) is 11.2 Å². The lowest BCUT2D eigenvalue weighted by Crippen LogP contribution is -1.95. The van der Waals surface area contributed by atoms with Gasteiger partial charge in [-0.05, 0) is 24.3 Å². The Kier molecular flexibility index (Phi) is 2.70. The average molecular weight is 218 g/mol. The van der Waals surface area contributed by atoms with Gasteiger partial charge in [-0.2, -0.15) is 10.4 Å². The Labute approximate surface area is 92.5 Å². The summed E-state index contributed by atoms with van der Waals surface area (Å²) in [6, 6.07) is 11.3. The second-order valence-corrected chi connectivity index (χ2v) is 3.50. The standard InChI is InChI=1S/C11H8ClN3/c12-9-2-1-3-11(8-9)15-7-5-10(14-15)4-6-13/h1-3,5,7-8H,4H2. The largest absolute Gasteiger partial charge is 0.241 e. The number of aromatic nitrogens is 2. The molecule has 74 valence electrons. The molecule has 0 aliphatic heterocycles. The molecule has 0 atom stereocenters. The lowest BCUT2D eigenvalue weighted by atomic mass is 10.3. The fourth-order valence-electron chi connectivity index (χ4n) is 1.30. The van der Waals surface area contributed by atoms with E-state index in [0.29, 0.717) is 11.4 Å². The molecule has 0 N–H and O–H groups in total. The fraction of sp³-hybridized carbons (Fsp3) is 0.0909. The van der Waals surface area contributed by atoms with E-state index in [2.05, 4.69) is 11.2 Å². The first kappa shape index (κ1) is 9.75. The minimum atomic E-state index is 0.327. The highest BCUT2D eigenvalue weighted by molar-refractivity contribution is 6.30. The molecule has 0 unspecified atom stereocenters. The molecule has 0 fully saturated rings. The van der Waals surface area contributed by atoms with E-state index in [9.17, 15) is 0 Å². The van der Waals surface area contributed by atoms with Crippen molar-refractivity contribution in [2.24, 2.45) is 0 Å². The van der Waals surface area contributed by atoms with E-state index in [1.54, 1.807) is 4.68 Å². The van der Waals surface area contributed by atoms with Crippen LogP contribution in [0.5, 0.6) is 0 Å². The van der Waals surface area contributed by atoms with Crippen molar-refractivity contribution >= 4 is 11.6 Å². The SMILES string of the molecule is N#CCc1ccn(-c2cccc(Cl)c2)n1. The minimum absolute atomic E-state index is 0.327. The van der Waals surface area contributed by atoms with Crippen LogP contribution in [0.15, 0.2) is 36.5 Å². The summed E-state index contributed by atoms with van der Waals surface area (Å²) in [6.07, 6.45) is 2.14. The minimum Gasteiger partial charge on any atom is -0.241 e. The molecule has 0 aliphatic rings. The molecule has 0 saturated carbocycles. The molecule has 15 heavy (non-hydrogen) atoms. The van der Waals surface area contributed by atoms with Crippen LogP contribution in [0, 0.1) is 11.3 Å². The normalized spacial score (nSPS) is 9.87. The van der Waals surface area contributed by atoms with Gasteiger partial charge in [-0.25, -0.2) is 4.68 Å². The summed E-state index contributed by atoms with van der Waals surface area (Å²) < 4.78 is 1.71. The van der Waals surface area contributed by atoms with E-state index < -0.39 is 0 Å². The van der Waals surface area contributed by atoms with Crippen LogP contribution in [0.3, 0.4) is 0 Å². The van der Waals surface area contributed by atoms with Gasteiger partial charge in [0.1, 0.15) is 0 Å². The average Bonchev–Trinajstić information content (AvgIpc) is 2.67. The summed E-state index contributed by atoms with van der Waals surface area (Å²) in [5.41, 5.74) is 1.66. The van der Waals surface area contributed by atoms with Crippen molar-refractivity contribution < 1.29 is 0 Å². The van der Waals surface area contributed by atoms with E-state index in [1.165, 1.54) is 0 Å². The molecule has 1 aromatic heterocycles. The molecule has 0 saturated heterocycles. The Balaban J connectivity index is 2.34. The maximum absolute atomic E-state index is 8.52. The van der Waals surface area contributed by atoms with Gasteiger partial charge in [0.05, 0.1) is 23.9 Å². The summed E-state index contributed by atoms with van der Waals surface area (Å²) in [7, 11) is 0. The van der Waals surface area contributed by atoms with Crippen molar-refractivity contribution in [3.63, 3.8) is 0 Å². The van der Waals surface area contributed by atoms with E-state index in [1.807, 2.05) is 36.5 Å². The molecule has 2 rings (SSSR count). The van der Waals surface area contributed by atoms with Gasteiger partial charge in [0.25, 0.3) is 0 Å². The van der Waals surface area contributed by atoms with Crippen LogP contribution in [-0.2, 0) is 6.42 Å². The zero-order valence-electron chi connectivity index (χ0n) is 7.89. The highest BCUT2D eigenvalue weighted by Crippen LogP contribution is 2.14. The Hall–Kier alpha value is -1.79. The molecule has 0 spiro atoms. The summed E-state index contributed by atoms with van der Waals surface area (Å²) >= 11 is 5.87. The summed E-state index contributed by atoms with van der Waals surface area (Å²) in [5.74, 6) is 0. The third kappa shape index (κ3) is 2.17. The lowest BCUT2D eigenvalue weighted by molar-refractivity contribution is 0.853. The Morgan fingerprint density at radius 1 is 1.40 bits per heavy atom. The van der Waals surface area contributed by atoms with Crippen LogP contribution >= 0.6 is 11.6 Å².